The molecule has 2 aromatic rings. The highest BCUT2D eigenvalue weighted by Crippen LogP contribution is 2.15. The van der Waals surface area contributed by atoms with E-state index < -0.39 is 11.2 Å². The van der Waals surface area contributed by atoms with Crippen LogP contribution in [0.25, 0.3) is 0 Å². The molecule has 0 N–H and O–H groups in total. The zero-order valence-electron chi connectivity index (χ0n) is 11.2. The van der Waals surface area contributed by atoms with Crippen molar-refractivity contribution in [2.75, 3.05) is 11.4 Å². The van der Waals surface area contributed by atoms with Crippen molar-refractivity contribution in [3.8, 4) is 0 Å². The van der Waals surface area contributed by atoms with Crippen LogP contribution in [-0.2, 0) is 11.3 Å². The topological polar surface area (TPSA) is 72.7 Å². The molecule has 2 aromatic carbocycles. The van der Waals surface area contributed by atoms with Gasteiger partial charge in [-0.05, 0) is 24.1 Å². The Hall–Kier alpha value is -2.89. The lowest BCUT2D eigenvalue weighted by atomic mass is 10.1. The molecule has 0 saturated carbocycles. The number of carbonyl (C=O) groups excluding carboxylic acids is 1. The largest absolute Gasteiger partial charge is 0.403 e. The maximum Gasteiger partial charge on any atom is 0.403 e. The van der Waals surface area contributed by atoms with Crippen molar-refractivity contribution >= 4 is 11.8 Å². The fraction of sp³-hybridized carbons (Fsp3) is 0.133. The molecule has 108 valence electrons. The summed E-state index contributed by atoms with van der Waals surface area (Å²) < 4.78 is 0. The Morgan fingerprint density at radius 3 is 2.19 bits per heavy atom. The summed E-state index contributed by atoms with van der Waals surface area (Å²) in [6.45, 7) is 0.292. The van der Waals surface area contributed by atoms with E-state index in [-0.39, 0.29) is 0 Å². The highest BCUT2D eigenvalue weighted by Gasteiger charge is 2.19. The van der Waals surface area contributed by atoms with Gasteiger partial charge in [0, 0.05) is 12.2 Å². The molecule has 0 unspecified atom stereocenters. The van der Waals surface area contributed by atoms with Gasteiger partial charge in [-0.25, -0.2) is 9.63 Å². The van der Waals surface area contributed by atoms with Gasteiger partial charge in [-0.3, -0.25) is 4.90 Å². The number of carbonyl (C=O) groups is 1. The van der Waals surface area contributed by atoms with Crippen LogP contribution in [0.1, 0.15) is 5.56 Å². The van der Waals surface area contributed by atoms with Crippen molar-refractivity contribution in [3.05, 3.63) is 76.3 Å². The number of rotatable bonds is 5. The average Bonchev–Trinajstić information content (AvgIpc) is 2.49. The third kappa shape index (κ3) is 4.31. The molecule has 6 heteroatoms. The third-order valence-electron chi connectivity index (χ3n) is 2.91. The molecule has 0 aromatic heterocycles. The Bertz CT molecular complexity index is 602. The first-order valence-electron chi connectivity index (χ1n) is 6.39. The van der Waals surface area contributed by atoms with Crippen LogP contribution < -0.4 is 4.90 Å². The van der Waals surface area contributed by atoms with Gasteiger partial charge in [0.05, 0.1) is 0 Å². The minimum atomic E-state index is -1.10. The van der Waals surface area contributed by atoms with E-state index in [1.807, 2.05) is 30.3 Å². The molecule has 0 aliphatic rings. The number of nitrogens with zero attached hydrogens (tertiary/aromatic N) is 2. The van der Waals surface area contributed by atoms with Crippen LogP contribution in [0, 0.1) is 10.1 Å². The molecule has 0 bridgehead atoms. The zero-order chi connectivity index (χ0) is 15.1. The fourth-order valence-corrected chi connectivity index (χ4v) is 1.93. The molecule has 0 fully saturated rings. The molecule has 0 saturated heterocycles. The van der Waals surface area contributed by atoms with Crippen LogP contribution in [0.2, 0.25) is 0 Å². The first-order valence-corrected chi connectivity index (χ1v) is 6.39. The second-order valence-electron chi connectivity index (χ2n) is 4.30. The number of anilines is 1. The van der Waals surface area contributed by atoms with Crippen LogP contribution in [0.4, 0.5) is 10.5 Å². The van der Waals surface area contributed by atoms with E-state index >= 15 is 0 Å². The summed E-state index contributed by atoms with van der Waals surface area (Å²) in [4.78, 5) is 27.5. The van der Waals surface area contributed by atoms with Crippen molar-refractivity contribution in [2.24, 2.45) is 0 Å². The van der Waals surface area contributed by atoms with E-state index in [1.54, 1.807) is 30.3 Å². The minimum Gasteiger partial charge on any atom is -0.289 e. The van der Waals surface area contributed by atoms with Gasteiger partial charge in [0.1, 0.15) is 0 Å². The van der Waals surface area contributed by atoms with Crippen molar-refractivity contribution in [1.29, 1.82) is 0 Å². The summed E-state index contributed by atoms with van der Waals surface area (Å²) in [7, 11) is 0. The Morgan fingerprint density at radius 1 is 1.05 bits per heavy atom. The monoisotopic (exact) mass is 286 g/mol. The van der Waals surface area contributed by atoms with Gasteiger partial charge in [-0.1, -0.05) is 48.5 Å². The van der Waals surface area contributed by atoms with Crippen molar-refractivity contribution in [2.45, 2.75) is 6.42 Å². The van der Waals surface area contributed by atoms with Gasteiger partial charge in [0.2, 0.25) is 0 Å². The summed E-state index contributed by atoms with van der Waals surface area (Å²) in [5.41, 5.74) is 1.59. The summed E-state index contributed by atoms with van der Waals surface area (Å²) in [5, 5.41) is 9.26. The van der Waals surface area contributed by atoms with E-state index in [4.69, 9.17) is 0 Å². The molecule has 0 atom stereocenters. The maximum absolute atomic E-state index is 11.8. The molecular formula is C15H14N2O4. The van der Waals surface area contributed by atoms with E-state index in [0.717, 1.165) is 5.56 Å². The third-order valence-corrected chi connectivity index (χ3v) is 2.91. The second-order valence-corrected chi connectivity index (χ2v) is 4.30. The second kappa shape index (κ2) is 7.04. The van der Waals surface area contributed by atoms with Gasteiger partial charge >= 0.3 is 11.2 Å². The Morgan fingerprint density at radius 2 is 1.62 bits per heavy atom. The minimum absolute atomic E-state index is 0.292. The number of hydrogen-bond donors (Lipinski definition) is 0. The number of para-hydroxylation sites is 1. The summed E-state index contributed by atoms with van der Waals surface area (Å²) in [6.07, 6.45) is -0.426. The lowest BCUT2D eigenvalue weighted by molar-refractivity contribution is -0.727. The van der Waals surface area contributed by atoms with E-state index in [1.165, 1.54) is 4.90 Å². The van der Waals surface area contributed by atoms with Gasteiger partial charge in [0.25, 0.3) is 0 Å². The predicted molar refractivity (Wildman–Crippen MR) is 77.4 cm³/mol. The summed E-state index contributed by atoms with van der Waals surface area (Å²) >= 11 is 0. The Balaban J connectivity index is 2.12. The summed E-state index contributed by atoms with van der Waals surface area (Å²) in [5.74, 6) is 0. The highest BCUT2D eigenvalue weighted by molar-refractivity contribution is 5.87. The van der Waals surface area contributed by atoms with Crippen LogP contribution in [0.5, 0.6) is 0 Å². The van der Waals surface area contributed by atoms with Crippen molar-refractivity contribution in [3.63, 3.8) is 0 Å². The number of benzene rings is 2. The van der Waals surface area contributed by atoms with Gasteiger partial charge in [-0.15, -0.1) is 10.1 Å². The van der Waals surface area contributed by atoms with E-state index in [2.05, 4.69) is 4.84 Å². The Labute approximate surface area is 121 Å². The maximum atomic E-state index is 11.8. The van der Waals surface area contributed by atoms with E-state index in [0.29, 0.717) is 18.7 Å². The fourth-order valence-electron chi connectivity index (χ4n) is 1.93. The Kier molecular flexibility index (Phi) is 4.87. The normalized spacial score (nSPS) is 9.90. The molecule has 0 radical (unpaired) electrons. The molecule has 0 heterocycles. The van der Waals surface area contributed by atoms with E-state index in [9.17, 15) is 14.9 Å². The molecule has 0 aliphatic carbocycles. The lowest BCUT2D eigenvalue weighted by Crippen LogP contribution is -2.34. The highest BCUT2D eigenvalue weighted by atomic mass is 17.0. The number of hydrogen-bond acceptors (Lipinski definition) is 4. The van der Waals surface area contributed by atoms with Crippen LogP contribution in [0.3, 0.4) is 0 Å². The smallest absolute Gasteiger partial charge is 0.289 e. The molecule has 2 rings (SSSR count). The summed E-state index contributed by atoms with van der Waals surface area (Å²) in [6, 6.07) is 18.3. The van der Waals surface area contributed by atoms with Crippen molar-refractivity contribution < 1.29 is 14.7 Å². The van der Waals surface area contributed by atoms with Gasteiger partial charge in [-0.2, -0.15) is 0 Å². The quantitative estimate of drug-likeness (QED) is 0.625. The lowest BCUT2D eigenvalue weighted by Gasteiger charge is -2.21. The molecule has 0 aliphatic heterocycles. The molecule has 0 spiro atoms. The number of amides is 1. The standard InChI is InChI=1S/C15H14N2O4/c18-15(21-17(19)20)16(14-9-5-2-6-10-14)12-11-13-7-3-1-4-8-13/h1-10H,11-12H2. The first-order chi connectivity index (χ1) is 10.2. The average molecular weight is 286 g/mol. The molecule has 6 nitrogen and oxygen atoms in total. The van der Waals surface area contributed by atoms with Crippen molar-refractivity contribution in [1.82, 2.24) is 0 Å². The first kappa shape index (κ1) is 14.5. The van der Waals surface area contributed by atoms with Crippen LogP contribution in [-0.4, -0.2) is 17.7 Å². The predicted octanol–water partition coefficient (Wildman–Crippen LogP) is 3.06. The zero-order valence-corrected chi connectivity index (χ0v) is 11.2. The molecule has 1 amide bonds. The van der Waals surface area contributed by atoms with Crippen LogP contribution >= 0.6 is 0 Å². The SMILES string of the molecule is O=C(O[N+](=O)[O-])N(CCc1ccccc1)c1ccccc1. The molecule has 21 heavy (non-hydrogen) atoms. The van der Waals surface area contributed by atoms with Gasteiger partial charge < -0.3 is 0 Å². The molecular weight excluding hydrogens is 272 g/mol. The van der Waals surface area contributed by atoms with Gasteiger partial charge in [0.15, 0.2) is 0 Å². The van der Waals surface area contributed by atoms with Crippen LogP contribution in [0.15, 0.2) is 60.7 Å².